The molecule has 2 atom stereocenters. The van der Waals surface area contributed by atoms with Gasteiger partial charge in [0.1, 0.15) is 12.1 Å². The van der Waals surface area contributed by atoms with Crippen molar-refractivity contribution in [3.63, 3.8) is 0 Å². The maximum Gasteiger partial charge on any atom is 0.325 e. The fourth-order valence-corrected chi connectivity index (χ4v) is 4.33. The van der Waals surface area contributed by atoms with E-state index in [4.69, 9.17) is 23.2 Å². The summed E-state index contributed by atoms with van der Waals surface area (Å²) in [5.41, 5.74) is 0.0110. The Morgan fingerprint density at radius 2 is 1.81 bits per heavy atom. The molecule has 164 valence electrons. The van der Waals surface area contributed by atoms with Crippen molar-refractivity contribution >= 4 is 41.0 Å². The number of carbonyl (C=O) groups is 3. The first-order valence-corrected chi connectivity index (χ1v) is 10.8. The summed E-state index contributed by atoms with van der Waals surface area (Å²) in [6, 6.07) is 13.5. The van der Waals surface area contributed by atoms with Gasteiger partial charge in [0.25, 0.3) is 5.91 Å². The third kappa shape index (κ3) is 5.02. The molecule has 6 nitrogen and oxygen atoms in total. The van der Waals surface area contributed by atoms with Crippen LogP contribution in [0.15, 0.2) is 48.5 Å². The van der Waals surface area contributed by atoms with E-state index in [0.29, 0.717) is 16.5 Å². The third-order valence-corrected chi connectivity index (χ3v) is 5.84. The predicted molar refractivity (Wildman–Crippen MR) is 121 cm³/mol. The molecule has 0 bridgehead atoms. The molecule has 2 aromatic carbocycles. The van der Waals surface area contributed by atoms with Gasteiger partial charge < -0.3 is 10.6 Å². The summed E-state index contributed by atoms with van der Waals surface area (Å²) in [6.07, 6.45) is 0.730. The SMILES string of the molecule is CC(C)CC(NC(=O)CN1C(=O)NC(C)(c2ccc(Cl)cc2Cl)C1=O)c1ccccc1. The number of nitrogens with one attached hydrogen (secondary N) is 2. The highest BCUT2D eigenvalue weighted by atomic mass is 35.5. The van der Waals surface area contributed by atoms with Gasteiger partial charge in [0.2, 0.25) is 5.91 Å². The standard InChI is InChI=1S/C23H25Cl2N3O3/c1-14(2)11-19(15-7-5-4-6-8-15)26-20(29)13-28-21(30)23(3,27-22(28)31)17-10-9-16(24)12-18(17)25/h4-10,12,14,19H,11,13H2,1-3H3,(H,26,29)(H,27,31). The zero-order valence-electron chi connectivity index (χ0n) is 17.6. The molecule has 31 heavy (non-hydrogen) atoms. The van der Waals surface area contributed by atoms with Crippen LogP contribution in [0.1, 0.15) is 44.4 Å². The molecule has 2 aromatic rings. The Morgan fingerprint density at radius 3 is 2.42 bits per heavy atom. The minimum absolute atomic E-state index is 0.216. The van der Waals surface area contributed by atoms with E-state index >= 15 is 0 Å². The number of imide groups is 1. The maximum atomic E-state index is 13.1. The van der Waals surface area contributed by atoms with Crippen LogP contribution in [0, 0.1) is 5.92 Å². The fourth-order valence-electron chi connectivity index (χ4n) is 3.74. The van der Waals surface area contributed by atoms with Gasteiger partial charge in [0.15, 0.2) is 0 Å². The molecule has 0 radical (unpaired) electrons. The van der Waals surface area contributed by atoms with E-state index in [1.54, 1.807) is 19.1 Å². The van der Waals surface area contributed by atoms with Crippen LogP contribution in [-0.4, -0.2) is 29.3 Å². The topological polar surface area (TPSA) is 78.5 Å². The molecule has 8 heteroatoms. The highest BCUT2D eigenvalue weighted by Gasteiger charge is 2.50. The van der Waals surface area contributed by atoms with E-state index < -0.39 is 23.4 Å². The molecule has 2 unspecified atom stereocenters. The van der Waals surface area contributed by atoms with Crippen molar-refractivity contribution < 1.29 is 14.4 Å². The average molecular weight is 462 g/mol. The Morgan fingerprint density at radius 1 is 1.13 bits per heavy atom. The number of carbonyl (C=O) groups excluding carboxylic acids is 3. The first-order chi connectivity index (χ1) is 14.6. The average Bonchev–Trinajstić information content (AvgIpc) is 2.91. The lowest BCUT2D eigenvalue weighted by Crippen LogP contribution is -2.44. The second kappa shape index (κ2) is 9.28. The summed E-state index contributed by atoms with van der Waals surface area (Å²) in [6.45, 7) is 5.32. The highest BCUT2D eigenvalue weighted by molar-refractivity contribution is 6.35. The van der Waals surface area contributed by atoms with Crippen LogP contribution < -0.4 is 10.6 Å². The molecule has 1 saturated heterocycles. The molecule has 2 N–H and O–H groups in total. The molecule has 3 rings (SSSR count). The lowest BCUT2D eigenvalue weighted by atomic mass is 9.92. The number of halogens is 2. The van der Waals surface area contributed by atoms with E-state index in [2.05, 4.69) is 24.5 Å². The van der Waals surface area contributed by atoms with Crippen LogP contribution in [0.5, 0.6) is 0 Å². The second-order valence-corrected chi connectivity index (χ2v) is 9.07. The van der Waals surface area contributed by atoms with Crippen LogP contribution in [0.3, 0.4) is 0 Å². The number of amides is 4. The monoisotopic (exact) mass is 461 g/mol. The molecule has 1 heterocycles. The molecular weight excluding hydrogens is 437 g/mol. The summed E-state index contributed by atoms with van der Waals surface area (Å²) < 4.78 is 0. The van der Waals surface area contributed by atoms with Gasteiger partial charge in [-0.3, -0.25) is 14.5 Å². The van der Waals surface area contributed by atoms with Gasteiger partial charge in [-0.2, -0.15) is 0 Å². The predicted octanol–water partition coefficient (Wildman–Crippen LogP) is 4.66. The summed E-state index contributed by atoms with van der Waals surface area (Å²) in [4.78, 5) is 39.4. The van der Waals surface area contributed by atoms with Crippen LogP contribution in [-0.2, 0) is 15.1 Å². The number of urea groups is 1. The van der Waals surface area contributed by atoms with E-state index in [1.807, 2.05) is 30.3 Å². The Balaban J connectivity index is 1.76. The summed E-state index contributed by atoms with van der Waals surface area (Å²) in [5.74, 6) is -0.612. The van der Waals surface area contributed by atoms with Crippen LogP contribution in [0.2, 0.25) is 10.0 Å². The molecule has 1 fully saturated rings. The third-order valence-electron chi connectivity index (χ3n) is 5.29. The quantitative estimate of drug-likeness (QED) is 0.588. The zero-order chi connectivity index (χ0) is 22.8. The minimum atomic E-state index is -1.38. The summed E-state index contributed by atoms with van der Waals surface area (Å²) in [5, 5.41) is 6.30. The van der Waals surface area contributed by atoms with Gasteiger partial charge in [-0.1, -0.05) is 73.4 Å². The van der Waals surface area contributed by atoms with Gasteiger partial charge in [-0.25, -0.2) is 4.79 Å². The van der Waals surface area contributed by atoms with Crippen molar-refractivity contribution in [2.75, 3.05) is 6.54 Å². The number of rotatable bonds is 7. The molecule has 0 aliphatic carbocycles. The van der Waals surface area contributed by atoms with Crippen molar-refractivity contribution in [1.82, 2.24) is 15.5 Å². The number of hydrogen-bond acceptors (Lipinski definition) is 3. The molecule has 1 aliphatic rings. The van der Waals surface area contributed by atoms with Crippen molar-refractivity contribution in [2.45, 2.75) is 38.8 Å². The van der Waals surface area contributed by atoms with Gasteiger partial charge >= 0.3 is 6.03 Å². The molecule has 0 spiro atoms. The fraction of sp³-hybridized carbons (Fsp3) is 0.348. The molecule has 1 aliphatic heterocycles. The van der Waals surface area contributed by atoms with E-state index in [9.17, 15) is 14.4 Å². The molecular formula is C23H25Cl2N3O3. The van der Waals surface area contributed by atoms with Gasteiger partial charge in [0, 0.05) is 15.6 Å². The highest BCUT2D eigenvalue weighted by Crippen LogP contribution is 2.35. The largest absolute Gasteiger partial charge is 0.348 e. The first kappa shape index (κ1) is 23.1. The van der Waals surface area contributed by atoms with Gasteiger partial charge in [-0.05, 0) is 37.0 Å². The Bertz CT molecular complexity index is 997. The number of benzene rings is 2. The lowest BCUT2D eigenvalue weighted by molar-refractivity contribution is -0.135. The second-order valence-electron chi connectivity index (χ2n) is 8.23. The van der Waals surface area contributed by atoms with Crippen LogP contribution in [0.4, 0.5) is 4.79 Å². The summed E-state index contributed by atoms with van der Waals surface area (Å²) >= 11 is 12.2. The smallest absolute Gasteiger partial charge is 0.325 e. The molecule has 0 aromatic heterocycles. The molecule has 0 saturated carbocycles. The van der Waals surface area contributed by atoms with Gasteiger partial charge in [0.05, 0.1) is 6.04 Å². The van der Waals surface area contributed by atoms with Crippen LogP contribution in [0.25, 0.3) is 0 Å². The molecule has 4 amide bonds. The Hall–Kier alpha value is -2.57. The van der Waals surface area contributed by atoms with Crippen molar-refractivity contribution in [3.8, 4) is 0 Å². The normalized spacial score (nSPS) is 19.5. The van der Waals surface area contributed by atoms with E-state index in [0.717, 1.165) is 16.9 Å². The zero-order valence-corrected chi connectivity index (χ0v) is 19.1. The van der Waals surface area contributed by atoms with Crippen molar-refractivity contribution in [3.05, 3.63) is 69.7 Å². The Kier molecular flexibility index (Phi) is 6.92. The number of hydrogen-bond donors (Lipinski definition) is 2. The van der Waals surface area contributed by atoms with Crippen LogP contribution >= 0.6 is 23.2 Å². The summed E-state index contributed by atoms with van der Waals surface area (Å²) in [7, 11) is 0. The van der Waals surface area contributed by atoms with Crippen molar-refractivity contribution in [2.24, 2.45) is 5.92 Å². The van der Waals surface area contributed by atoms with E-state index in [-0.39, 0.29) is 17.6 Å². The maximum absolute atomic E-state index is 13.1. The first-order valence-electron chi connectivity index (χ1n) is 10.1. The van der Waals surface area contributed by atoms with Gasteiger partial charge in [-0.15, -0.1) is 0 Å². The minimum Gasteiger partial charge on any atom is -0.348 e. The number of nitrogens with zero attached hydrogens (tertiary/aromatic N) is 1. The lowest BCUT2D eigenvalue weighted by Gasteiger charge is -2.24. The Labute approximate surface area is 191 Å². The van der Waals surface area contributed by atoms with Crippen molar-refractivity contribution in [1.29, 1.82) is 0 Å². The van der Waals surface area contributed by atoms with E-state index in [1.165, 1.54) is 6.07 Å².